The summed E-state index contributed by atoms with van der Waals surface area (Å²) in [6, 6.07) is 9.19. The van der Waals surface area contributed by atoms with Crippen LogP contribution in [0, 0.1) is 0 Å². The van der Waals surface area contributed by atoms with E-state index in [0.29, 0.717) is 43.6 Å². The van der Waals surface area contributed by atoms with Crippen LogP contribution in [0.5, 0.6) is 11.5 Å². The first-order valence-electron chi connectivity index (χ1n) is 10.0. The second-order valence-corrected chi connectivity index (χ2v) is 9.27. The lowest BCUT2D eigenvalue weighted by Crippen LogP contribution is -2.47. The SMILES string of the molecule is CCOc1ccc(CN(C)c2ccc(S(=O)(=O)N3CCN(C)CC3)cn2)cc1OC. The van der Waals surface area contributed by atoms with E-state index < -0.39 is 10.0 Å². The van der Waals surface area contributed by atoms with E-state index in [-0.39, 0.29) is 4.90 Å². The first kappa shape index (κ1) is 22.3. The lowest BCUT2D eigenvalue weighted by Gasteiger charge is -2.31. The van der Waals surface area contributed by atoms with Crippen LogP contribution in [0.15, 0.2) is 41.4 Å². The van der Waals surface area contributed by atoms with Crippen LogP contribution in [0.2, 0.25) is 0 Å². The maximum atomic E-state index is 12.8. The predicted octanol–water partition coefficient (Wildman–Crippen LogP) is 2.06. The molecule has 30 heavy (non-hydrogen) atoms. The summed E-state index contributed by atoms with van der Waals surface area (Å²) in [4.78, 5) is 8.71. The molecule has 0 spiro atoms. The summed E-state index contributed by atoms with van der Waals surface area (Å²) < 4.78 is 38.2. The van der Waals surface area contributed by atoms with E-state index in [1.165, 1.54) is 10.5 Å². The van der Waals surface area contributed by atoms with E-state index in [1.54, 1.807) is 19.2 Å². The largest absolute Gasteiger partial charge is 0.493 e. The molecule has 9 heteroatoms. The van der Waals surface area contributed by atoms with Gasteiger partial charge < -0.3 is 19.3 Å². The number of hydrogen-bond donors (Lipinski definition) is 0. The Labute approximate surface area is 179 Å². The molecular formula is C21H30N4O4S. The van der Waals surface area contributed by atoms with Gasteiger partial charge in [-0.15, -0.1) is 0 Å². The normalized spacial score (nSPS) is 15.7. The highest BCUT2D eigenvalue weighted by molar-refractivity contribution is 7.89. The predicted molar refractivity (Wildman–Crippen MR) is 117 cm³/mol. The average Bonchev–Trinajstić information content (AvgIpc) is 2.75. The number of hydrogen-bond acceptors (Lipinski definition) is 7. The maximum Gasteiger partial charge on any atom is 0.244 e. The van der Waals surface area contributed by atoms with Crippen molar-refractivity contribution in [3.8, 4) is 11.5 Å². The zero-order valence-corrected chi connectivity index (χ0v) is 18.9. The molecule has 0 N–H and O–H groups in total. The molecule has 2 heterocycles. The van der Waals surface area contributed by atoms with Crippen LogP contribution in [0.4, 0.5) is 5.82 Å². The van der Waals surface area contributed by atoms with E-state index in [4.69, 9.17) is 9.47 Å². The van der Waals surface area contributed by atoms with Gasteiger partial charge in [-0.2, -0.15) is 4.31 Å². The van der Waals surface area contributed by atoms with Crippen molar-refractivity contribution in [3.05, 3.63) is 42.1 Å². The number of ether oxygens (including phenoxy) is 2. The first-order valence-corrected chi connectivity index (χ1v) is 11.4. The minimum Gasteiger partial charge on any atom is -0.493 e. The number of pyridine rings is 1. The van der Waals surface area contributed by atoms with Gasteiger partial charge in [-0.3, -0.25) is 0 Å². The third-order valence-electron chi connectivity index (χ3n) is 5.16. The Morgan fingerprint density at radius 3 is 2.43 bits per heavy atom. The molecule has 3 rings (SSSR count). The van der Waals surface area contributed by atoms with Gasteiger partial charge in [0.15, 0.2) is 11.5 Å². The third kappa shape index (κ3) is 5.03. The molecule has 0 unspecified atom stereocenters. The fourth-order valence-corrected chi connectivity index (χ4v) is 4.74. The van der Waals surface area contributed by atoms with Crippen molar-refractivity contribution in [2.45, 2.75) is 18.4 Å². The molecule has 1 aromatic heterocycles. The number of rotatable bonds is 8. The van der Waals surface area contributed by atoms with Gasteiger partial charge in [0.05, 0.1) is 13.7 Å². The van der Waals surface area contributed by atoms with E-state index in [9.17, 15) is 8.42 Å². The van der Waals surface area contributed by atoms with E-state index in [1.807, 2.05) is 44.1 Å². The Morgan fingerprint density at radius 2 is 1.83 bits per heavy atom. The number of methoxy groups -OCH3 is 1. The van der Waals surface area contributed by atoms with Crippen molar-refractivity contribution < 1.29 is 17.9 Å². The van der Waals surface area contributed by atoms with Crippen LogP contribution in [0.25, 0.3) is 0 Å². The fourth-order valence-electron chi connectivity index (χ4n) is 3.37. The fraction of sp³-hybridized carbons (Fsp3) is 0.476. The summed E-state index contributed by atoms with van der Waals surface area (Å²) in [5, 5.41) is 0. The summed E-state index contributed by atoms with van der Waals surface area (Å²) in [6.07, 6.45) is 1.44. The van der Waals surface area contributed by atoms with E-state index >= 15 is 0 Å². The molecule has 8 nitrogen and oxygen atoms in total. The minimum absolute atomic E-state index is 0.229. The first-order chi connectivity index (χ1) is 14.3. The number of sulfonamides is 1. The van der Waals surface area contributed by atoms with Crippen LogP contribution in [0.3, 0.4) is 0 Å². The summed E-state index contributed by atoms with van der Waals surface area (Å²) in [7, 11) is 2.02. The van der Waals surface area contributed by atoms with Crippen molar-refractivity contribution in [1.29, 1.82) is 0 Å². The number of nitrogens with zero attached hydrogens (tertiary/aromatic N) is 4. The molecule has 164 valence electrons. The zero-order chi connectivity index (χ0) is 21.7. The van der Waals surface area contributed by atoms with Crippen molar-refractivity contribution in [3.63, 3.8) is 0 Å². The number of anilines is 1. The molecule has 1 aliphatic heterocycles. The van der Waals surface area contributed by atoms with Crippen LogP contribution in [0.1, 0.15) is 12.5 Å². The molecular weight excluding hydrogens is 404 g/mol. The van der Waals surface area contributed by atoms with Gasteiger partial charge in [0.1, 0.15) is 10.7 Å². The summed E-state index contributed by atoms with van der Waals surface area (Å²) >= 11 is 0. The molecule has 1 aliphatic rings. The number of benzene rings is 1. The summed E-state index contributed by atoms with van der Waals surface area (Å²) in [5.74, 6) is 2.09. The topological polar surface area (TPSA) is 75.2 Å². The minimum atomic E-state index is -3.51. The van der Waals surface area contributed by atoms with Crippen LogP contribution < -0.4 is 14.4 Å². The van der Waals surface area contributed by atoms with Gasteiger partial charge in [-0.25, -0.2) is 13.4 Å². The van der Waals surface area contributed by atoms with Crippen LogP contribution in [-0.2, 0) is 16.6 Å². The monoisotopic (exact) mass is 434 g/mol. The number of aromatic nitrogens is 1. The summed E-state index contributed by atoms with van der Waals surface area (Å²) in [5.41, 5.74) is 1.04. The van der Waals surface area contributed by atoms with Gasteiger partial charge in [0.25, 0.3) is 0 Å². The lowest BCUT2D eigenvalue weighted by molar-refractivity contribution is 0.222. The highest BCUT2D eigenvalue weighted by Crippen LogP contribution is 2.29. The Morgan fingerprint density at radius 1 is 1.10 bits per heavy atom. The van der Waals surface area contributed by atoms with Gasteiger partial charge in [0.2, 0.25) is 10.0 Å². The third-order valence-corrected chi connectivity index (χ3v) is 7.04. The van der Waals surface area contributed by atoms with Gasteiger partial charge in [0, 0.05) is 46.0 Å². The number of piperazine rings is 1. The van der Waals surface area contributed by atoms with Gasteiger partial charge in [-0.1, -0.05) is 6.07 Å². The second kappa shape index (κ2) is 9.63. The lowest BCUT2D eigenvalue weighted by atomic mass is 10.2. The Kier molecular flexibility index (Phi) is 7.17. The van der Waals surface area contributed by atoms with Crippen molar-refractivity contribution >= 4 is 15.8 Å². The smallest absolute Gasteiger partial charge is 0.244 e. The van der Waals surface area contributed by atoms with Crippen LogP contribution in [-0.4, -0.2) is 76.6 Å². The van der Waals surface area contributed by atoms with Crippen LogP contribution >= 0.6 is 0 Å². The maximum absolute atomic E-state index is 12.8. The molecule has 1 saturated heterocycles. The Hall–Kier alpha value is -2.36. The van der Waals surface area contributed by atoms with Crippen molar-refractivity contribution in [2.75, 3.05) is 58.9 Å². The quantitative estimate of drug-likeness (QED) is 0.630. The molecule has 2 aromatic rings. The molecule has 1 aromatic carbocycles. The highest BCUT2D eigenvalue weighted by atomic mass is 32.2. The molecule has 0 saturated carbocycles. The standard InChI is InChI=1S/C21H30N4O4S/c1-5-29-19-8-6-17(14-20(19)28-4)16-24(3)21-9-7-18(15-22-21)30(26,27)25-12-10-23(2)11-13-25/h6-9,14-15H,5,10-13,16H2,1-4H3. The molecule has 0 aliphatic carbocycles. The van der Waals surface area contributed by atoms with Gasteiger partial charge >= 0.3 is 0 Å². The Balaban J connectivity index is 1.70. The van der Waals surface area contributed by atoms with Crippen molar-refractivity contribution in [2.24, 2.45) is 0 Å². The van der Waals surface area contributed by atoms with Crippen molar-refractivity contribution in [1.82, 2.24) is 14.2 Å². The molecule has 0 bridgehead atoms. The molecule has 0 radical (unpaired) electrons. The molecule has 1 fully saturated rings. The number of likely N-dealkylation sites (N-methyl/N-ethyl adjacent to an activating group) is 1. The Bertz CT molecular complexity index is 942. The van der Waals surface area contributed by atoms with E-state index in [0.717, 1.165) is 18.7 Å². The summed E-state index contributed by atoms with van der Waals surface area (Å²) in [6.45, 7) is 5.57. The second-order valence-electron chi connectivity index (χ2n) is 7.33. The van der Waals surface area contributed by atoms with Gasteiger partial charge in [-0.05, 0) is 43.8 Å². The average molecular weight is 435 g/mol. The zero-order valence-electron chi connectivity index (χ0n) is 18.0. The van der Waals surface area contributed by atoms with E-state index in [2.05, 4.69) is 9.88 Å². The molecule has 0 atom stereocenters. The highest BCUT2D eigenvalue weighted by Gasteiger charge is 2.27. The molecule has 0 amide bonds.